The highest BCUT2D eigenvalue weighted by molar-refractivity contribution is 9.11. The predicted molar refractivity (Wildman–Crippen MR) is 79.7 cm³/mol. The molecule has 4 nitrogen and oxygen atoms in total. The molecule has 0 bridgehead atoms. The van der Waals surface area contributed by atoms with Gasteiger partial charge in [0.05, 0.1) is 19.9 Å². The van der Waals surface area contributed by atoms with Gasteiger partial charge in [-0.1, -0.05) is 12.1 Å². The summed E-state index contributed by atoms with van der Waals surface area (Å²) in [5, 5.41) is 2.70. The molecule has 0 fully saturated rings. The third kappa shape index (κ3) is 3.02. The molecule has 6 heteroatoms. The Morgan fingerprint density at radius 2 is 2.00 bits per heavy atom. The number of anilines is 1. The molecule has 0 unspecified atom stereocenters. The first-order valence-electron chi connectivity index (χ1n) is 5.45. The van der Waals surface area contributed by atoms with Crippen molar-refractivity contribution in [2.75, 3.05) is 5.32 Å². The molecule has 0 saturated carbocycles. The zero-order valence-electron chi connectivity index (χ0n) is 10.1. The number of halogens is 1. The number of thiophene rings is 1. The van der Waals surface area contributed by atoms with Crippen LogP contribution in [-0.4, -0.2) is 11.8 Å². The van der Waals surface area contributed by atoms with Gasteiger partial charge < -0.3 is 11.1 Å². The van der Waals surface area contributed by atoms with E-state index < -0.39 is 5.91 Å². The molecule has 0 aliphatic rings. The fraction of sp³-hybridized carbons (Fsp3) is 0.0769. The number of benzene rings is 1. The molecule has 2 amide bonds. The van der Waals surface area contributed by atoms with Crippen LogP contribution < -0.4 is 11.1 Å². The molecule has 0 radical (unpaired) electrons. The van der Waals surface area contributed by atoms with Crippen LogP contribution in [0.3, 0.4) is 0 Å². The van der Waals surface area contributed by atoms with Gasteiger partial charge in [0.25, 0.3) is 11.8 Å². The standard InChI is InChI=1S/C13H11BrN2O2S/c1-7-6-10(19-11(7)14)13(18)16-9-5-3-2-4-8(9)12(15)17/h2-6H,1H3,(H2,15,17)(H,16,18). The third-order valence-corrected chi connectivity index (χ3v) is 4.66. The topological polar surface area (TPSA) is 72.2 Å². The minimum atomic E-state index is -0.570. The largest absolute Gasteiger partial charge is 0.366 e. The summed E-state index contributed by atoms with van der Waals surface area (Å²) < 4.78 is 0.917. The highest BCUT2D eigenvalue weighted by atomic mass is 79.9. The van der Waals surface area contributed by atoms with Gasteiger partial charge in [-0.3, -0.25) is 9.59 Å². The summed E-state index contributed by atoms with van der Waals surface area (Å²) >= 11 is 4.72. The number of hydrogen-bond acceptors (Lipinski definition) is 3. The number of para-hydroxylation sites is 1. The van der Waals surface area contributed by atoms with Crippen molar-refractivity contribution in [1.82, 2.24) is 0 Å². The van der Waals surface area contributed by atoms with Gasteiger partial charge in [-0.25, -0.2) is 0 Å². The smallest absolute Gasteiger partial charge is 0.265 e. The average molecular weight is 339 g/mol. The number of rotatable bonds is 3. The minimum Gasteiger partial charge on any atom is -0.366 e. The van der Waals surface area contributed by atoms with Crippen LogP contribution in [0.15, 0.2) is 34.1 Å². The zero-order chi connectivity index (χ0) is 14.0. The van der Waals surface area contributed by atoms with Gasteiger partial charge in [0, 0.05) is 0 Å². The van der Waals surface area contributed by atoms with E-state index in [9.17, 15) is 9.59 Å². The lowest BCUT2D eigenvalue weighted by Crippen LogP contribution is -2.17. The van der Waals surface area contributed by atoms with Crippen LogP contribution in [0.2, 0.25) is 0 Å². The Balaban J connectivity index is 2.26. The van der Waals surface area contributed by atoms with E-state index in [4.69, 9.17) is 5.73 Å². The van der Waals surface area contributed by atoms with Gasteiger partial charge in [0.2, 0.25) is 0 Å². The first kappa shape index (κ1) is 13.8. The second-order valence-corrected chi connectivity index (χ2v) is 6.30. The van der Waals surface area contributed by atoms with E-state index in [1.165, 1.54) is 11.3 Å². The van der Waals surface area contributed by atoms with Crippen molar-refractivity contribution in [2.24, 2.45) is 5.73 Å². The van der Waals surface area contributed by atoms with Gasteiger partial charge in [-0.15, -0.1) is 11.3 Å². The second kappa shape index (κ2) is 5.54. The number of carbonyl (C=O) groups is 2. The first-order chi connectivity index (χ1) is 8.99. The van der Waals surface area contributed by atoms with E-state index in [0.717, 1.165) is 9.35 Å². The van der Waals surface area contributed by atoms with E-state index in [0.29, 0.717) is 16.1 Å². The number of primary amides is 1. The monoisotopic (exact) mass is 338 g/mol. The Labute approximate surface area is 122 Å². The van der Waals surface area contributed by atoms with E-state index in [1.807, 2.05) is 6.92 Å². The number of nitrogens with two attached hydrogens (primary N) is 1. The van der Waals surface area contributed by atoms with Crippen LogP contribution in [0.25, 0.3) is 0 Å². The van der Waals surface area contributed by atoms with Gasteiger partial charge in [-0.05, 0) is 46.6 Å². The number of aryl methyl sites for hydroxylation is 1. The van der Waals surface area contributed by atoms with E-state index >= 15 is 0 Å². The van der Waals surface area contributed by atoms with E-state index in [2.05, 4.69) is 21.2 Å². The van der Waals surface area contributed by atoms with Crippen LogP contribution in [0.4, 0.5) is 5.69 Å². The van der Waals surface area contributed by atoms with Crippen LogP contribution in [-0.2, 0) is 0 Å². The predicted octanol–water partition coefficient (Wildman–Crippen LogP) is 3.17. The summed E-state index contributed by atoms with van der Waals surface area (Å²) in [5.74, 6) is -0.827. The number of hydrogen-bond donors (Lipinski definition) is 2. The van der Waals surface area contributed by atoms with Crippen molar-refractivity contribution in [3.05, 3.63) is 50.1 Å². The fourth-order valence-electron chi connectivity index (χ4n) is 1.56. The molecule has 1 aromatic heterocycles. The molecule has 2 aromatic rings. The van der Waals surface area contributed by atoms with Crippen LogP contribution in [0.1, 0.15) is 25.6 Å². The third-order valence-electron chi connectivity index (χ3n) is 2.52. The summed E-state index contributed by atoms with van der Waals surface area (Å²) in [4.78, 5) is 23.9. The Hall–Kier alpha value is -1.66. The fourth-order valence-corrected chi connectivity index (χ4v) is 2.99. The average Bonchev–Trinajstić information content (AvgIpc) is 2.70. The lowest BCUT2D eigenvalue weighted by atomic mass is 10.1. The maximum atomic E-state index is 12.1. The molecule has 0 spiro atoms. The lowest BCUT2D eigenvalue weighted by Gasteiger charge is -2.07. The summed E-state index contributed by atoms with van der Waals surface area (Å²) in [7, 11) is 0. The Morgan fingerprint density at radius 1 is 1.32 bits per heavy atom. The quantitative estimate of drug-likeness (QED) is 0.902. The highest BCUT2D eigenvalue weighted by Crippen LogP contribution is 2.28. The van der Waals surface area contributed by atoms with Gasteiger partial charge in [-0.2, -0.15) is 0 Å². The summed E-state index contributed by atoms with van der Waals surface area (Å²) in [6.07, 6.45) is 0. The van der Waals surface area contributed by atoms with Crippen molar-refractivity contribution >= 4 is 44.8 Å². The van der Waals surface area contributed by atoms with Gasteiger partial charge >= 0.3 is 0 Å². The zero-order valence-corrected chi connectivity index (χ0v) is 12.5. The second-order valence-electron chi connectivity index (χ2n) is 3.93. The first-order valence-corrected chi connectivity index (χ1v) is 7.06. The molecule has 2 rings (SSSR count). The summed E-state index contributed by atoms with van der Waals surface area (Å²) in [6, 6.07) is 8.44. The molecular weight excluding hydrogens is 328 g/mol. The summed E-state index contributed by atoms with van der Waals surface area (Å²) in [5.41, 5.74) is 6.97. The molecule has 98 valence electrons. The molecule has 3 N–H and O–H groups in total. The maximum Gasteiger partial charge on any atom is 0.265 e. The molecule has 0 atom stereocenters. The van der Waals surface area contributed by atoms with Crippen molar-refractivity contribution in [2.45, 2.75) is 6.92 Å². The SMILES string of the molecule is Cc1cc(C(=O)Nc2ccccc2C(N)=O)sc1Br. The molecule has 0 aliphatic heterocycles. The molecule has 19 heavy (non-hydrogen) atoms. The van der Waals surface area contributed by atoms with Crippen molar-refractivity contribution in [3.8, 4) is 0 Å². The number of amides is 2. The van der Waals surface area contributed by atoms with E-state index in [-0.39, 0.29) is 5.91 Å². The molecule has 0 saturated heterocycles. The molecule has 1 heterocycles. The molecular formula is C13H11BrN2O2S. The Kier molecular flexibility index (Phi) is 4.01. The van der Waals surface area contributed by atoms with Crippen LogP contribution >= 0.6 is 27.3 Å². The summed E-state index contributed by atoms with van der Waals surface area (Å²) in [6.45, 7) is 1.91. The van der Waals surface area contributed by atoms with Crippen molar-refractivity contribution < 1.29 is 9.59 Å². The lowest BCUT2D eigenvalue weighted by molar-refractivity contribution is 0.100. The van der Waals surface area contributed by atoms with Gasteiger partial charge in [0.1, 0.15) is 0 Å². The van der Waals surface area contributed by atoms with E-state index in [1.54, 1.807) is 30.3 Å². The molecule has 1 aromatic carbocycles. The van der Waals surface area contributed by atoms with Crippen LogP contribution in [0.5, 0.6) is 0 Å². The Bertz CT molecular complexity index is 632. The van der Waals surface area contributed by atoms with Crippen LogP contribution in [0, 0.1) is 6.92 Å². The number of carbonyl (C=O) groups excluding carboxylic acids is 2. The van der Waals surface area contributed by atoms with Gasteiger partial charge in [0.15, 0.2) is 0 Å². The molecule has 0 aliphatic carbocycles. The van der Waals surface area contributed by atoms with Crippen molar-refractivity contribution in [3.63, 3.8) is 0 Å². The Morgan fingerprint density at radius 3 is 2.58 bits per heavy atom. The number of nitrogens with one attached hydrogen (secondary N) is 1. The normalized spacial score (nSPS) is 10.2. The van der Waals surface area contributed by atoms with Crippen molar-refractivity contribution in [1.29, 1.82) is 0 Å². The minimum absolute atomic E-state index is 0.257. The maximum absolute atomic E-state index is 12.1. The highest BCUT2D eigenvalue weighted by Gasteiger charge is 2.14.